The highest BCUT2D eigenvalue weighted by atomic mass is 32.1. The van der Waals surface area contributed by atoms with Crippen LogP contribution in [-0.2, 0) is 11.8 Å². The van der Waals surface area contributed by atoms with Gasteiger partial charge in [-0.25, -0.2) is 4.98 Å². The molecule has 2 aromatic heterocycles. The number of aromatic nitrogens is 3. The zero-order valence-corrected chi connectivity index (χ0v) is 17.5. The number of aryl methyl sites for hydroxylation is 1. The maximum absolute atomic E-state index is 13.3. The van der Waals surface area contributed by atoms with Crippen LogP contribution in [0.5, 0.6) is 5.75 Å². The molecule has 0 atom stereocenters. The molecule has 0 aliphatic carbocycles. The van der Waals surface area contributed by atoms with E-state index in [0.717, 1.165) is 48.8 Å². The number of rotatable bonds is 7. The fraction of sp³-hybridized carbons (Fsp3) is 0.450. The van der Waals surface area contributed by atoms with Crippen LogP contribution in [0.3, 0.4) is 0 Å². The topological polar surface area (TPSA) is 72.7 Å². The van der Waals surface area contributed by atoms with Gasteiger partial charge >= 0.3 is 0 Å². The smallest absolute Gasteiger partial charge is 0.278 e. The Labute approximate surface area is 173 Å². The van der Waals surface area contributed by atoms with Gasteiger partial charge in [0.05, 0.1) is 30.0 Å². The number of hydrogen-bond donors (Lipinski definition) is 0. The van der Waals surface area contributed by atoms with Crippen LogP contribution in [0, 0.1) is 0 Å². The van der Waals surface area contributed by atoms with Crippen molar-refractivity contribution < 1.29 is 14.3 Å². The van der Waals surface area contributed by atoms with Crippen molar-refractivity contribution in [1.82, 2.24) is 19.7 Å². The average Bonchev–Trinajstić information content (AvgIpc) is 3.34. The number of nitrogens with zero attached hydrogens (tertiary/aromatic N) is 5. The van der Waals surface area contributed by atoms with E-state index in [9.17, 15) is 4.79 Å². The molecule has 9 heteroatoms. The molecule has 1 aromatic carbocycles. The average molecular weight is 416 g/mol. The first kappa shape index (κ1) is 19.8. The summed E-state index contributed by atoms with van der Waals surface area (Å²) in [5, 5.41) is 4.84. The molecule has 3 aromatic rings. The van der Waals surface area contributed by atoms with Gasteiger partial charge in [0.25, 0.3) is 5.91 Å². The molecule has 1 amide bonds. The maximum atomic E-state index is 13.3. The molecule has 0 saturated carbocycles. The predicted molar refractivity (Wildman–Crippen MR) is 113 cm³/mol. The molecule has 4 rings (SSSR count). The lowest BCUT2D eigenvalue weighted by molar-refractivity contribution is 0.0391. The fourth-order valence-corrected chi connectivity index (χ4v) is 4.36. The van der Waals surface area contributed by atoms with Crippen LogP contribution in [0.4, 0.5) is 5.13 Å². The van der Waals surface area contributed by atoms with E-state index in [4.69, 9.17) is 14.5 Å². The highest BCUT2D eigenvalue weighted by molar-refractivity contribution is 7.22. The number of thiazole rings is 1. The second kappa shape index (κ2) is 8.89. The number of carbonyl (C=O) groups is 1. The van der Waals surface area contributed by atoms with Gasteiger partial charge in [0.1, 0.15) is 11.4 Å². The summed E-state index contributed by atoms with van der Waals surface area (Å²) in [7, 11) is 1.78. The molecule has 1 aliphatic rings. The van der Waals surface area contributed by atoms with Gasteiger partial charge in [-0.1, -0.05) is 11.3 Å². The number of fused-ring (bicyclic) bond motifs is 1. The first-order valence-electron chi connectivity index (χ1n) is 9.79. The fourth-order valence-electron chi connectivity index (χ4n) is 3.34. The van der Waals surface area contributed by atoms with Crippen LogP contribution in [0.25, 0.3) is 10.2 Å². The predicted octanol–water partition coefficient (Wildman–Crippen LogP) is 2.41. The van der Waals surface area contributed by atoms with Crippen molar-refractivity contribution in [3.8, 4) is 5.75 Å². The van der Waals surface area contributed by atoms with Crippen LogP contribution in [-0.4, -0.2) is 71.6 Å². The van der Waals surface area contributed by atoms with Crippen molar-refractivity contribution in [1.29, 1.82) is 0 Å². The molecular formula is C20H25N5O3S. The molecule has 0 N–H and O–H groups in total. The molecular weight excluding hydrogens is 390 g/mol. The first-order chi connectivity index (χ1) is 14.2. The quantitative estimate of drug-likeness (QED) is 0.590. The van der Waals surface area contributed by atoms with E-state index >= 15 is 0 Å². The lowest BCUT2D eigenvalue weighted by Gasteiger charge is -2.29. The molecule has 8 nitrogen and oxygen atoms in total. The number of carbonyl (C=O) groups excluding carboxylic acids is 1. The monoisotopic (exact) mass is 415 g/mol. The van der Waals surface area contributed by atoms with Crippen molar-refractivity contribution in [3.05, 3.63) is 36.2 Å². The van der Waals surface area contributed by atoms with Crippen molar-refractivity contribution in [2.75, 3.05) is 50.9 Å². The Morgan fingerprint density at radius 1 is 1.31 bits per heavy atom. The Balaban J connectivity index is 1.62. The Hall–Kier alpha value is -2.49. The second-order valence-electron chi connectivity index (χ2n) is 6.81. The third kappa shape index (κ3) is 4.42. The third-order valence-electron chi connectivity index (χ3n) is 4.92. The summed E-state index contributed by atoms with van der Waals surface area (Å²) < 4.78 is 13.6. The van der Waals surface area contributed by atoms with Gasteiger partial charge in [-0.3, -0.25) is 19.3 Å². The molecule has 3 heterocycles. The number of anilines is 1. The van der Waals surface area contributed by atoms with E-state index in [0.29, 0.717) is 24.0 Å². The van der Waals surface area contributed by atoms with Crippen LogP contribution < -0.4 is 9.64 Å². The Morgan fingerprint density at radius 3 is 2.86 bits per heavy atom. The molecule has 0 unspecified atom stereocenters. The lowest BCUT2D eigenvalue weighted by Crippen LogP contribution is -2.43. The molecule has 0 bridgehead atoms. The maximum Gasteiger partial charge on any atom is 0.278 e. The molecule has 29 heavy (non-hydrogen) atoms. The van der Waals surface area contributed by atoms with E-state index in [1.54, 1.807) is 28.9 Å². The lowest BCUT2D eigenvalue weighted by atomic mass is 10.3. The number of ether oxygens (including phenoxy) is 2. The van der Waals surface area contributed by atoms with Crippen molar-refractivity contribution >= 4 is 32.6 Å². The molecule has 154 valence electrons. The van der Waals surface area contributed by atoms with Gasteiger partial charge in [0.15, 0.2) is 5.13 Å². The summed E-state index contributed by atoms with van der Waals surface area (Å²) in [6, 6.07) is 7.57. The van der Waals surface area contributed by atoms with E-state index in [1.807, 2.05) is 25.1 Å². The molecule has 1 aliphatic heterocycles. The molecule has 0 spiro atoms. The van der Waals surface area contributed by atoms with Crippen molar-refractivity contribution in [2.45, 2.75) is 6.92 Å². The van der Waals surface area contributed by atoms with Crippen molar-refractivity contribution in [3.63, 3.8) is 0 Å². The summed E-state index contributed by atoms with van der Waals surface area (Å²) in [4.78, 5) is 22.1. The van der Waals surface area contributed by atoms with Gasteiger partial charge in [-0.15, -0.1) is 0 Å². The zero-order chi connectivity index (χ0) is 20.2. The van der Waals surface area contributed by atoms with Gasteiger partial charge < -0.3 is 9.47 Å². The normalized spacial score (nSPS) is 15.0. The first-order valence-corrected chi connectivity index (χ1v) is 10.6. The zero-order valence-electron chi connectivity index (χ0n) is 16.7. The van der Waals surface area contributed by atoms with E-state index < -0.39 is 0 Å². The largest absolute Gasteiger partial charge is 0.494 e. The minimum absolute atomic E-state index is 0.0950. The Kier molecular flexibility index (Phi) is 6.08. The Morgan fingerprint density at radius 2 is 2.14 bits per heavy atom. The van der Waals surface area contributed by atoms with Gasteiger partial charge in [0.2, 0.25) is 0 Å². The minimum Gasteiger partial charge on any atom is -0.494 e. The number of hydrogen-bond acceptors (Lipinski definition) is 7. The third-order valence-corrected chi connectivity index (χ3v) is 5.96. The number of benzene rings is 1. The summed E-state index contributed by atoms with van der Waals surface area (Å²) in [6.07, 6.45) is 1.64. The van der Waals surface area contributed by atoms with Gasteiger partial charge in [0, 0.05) is 39.4 Å². The van der Waals surface area contributed by atoms with Crippen LogP contribution in [0.2, 0.25) is 0 Å². The van der Waals surface area contributed by atoms with Crippen molar-refractivity contribution in [2.24, 2.45) is 7.05 Å². The van der Waals surface area contributed by atoms with Gasteiger partial charge in [-0.2, -0.15) is 5.10 Å². The molecule has 0 radical (unpaired) electrons. The van der Waals surface area contributed by atoms with Gasteiger partial charge in [-0.05, 0) is 31.2 Å². The van der Waals surface area contributed by atoms with Crippen LogP contribution in [0.15, 0.2) is 30.5 Å². The second-order valence-corrected chi connectivity index (χ2v) is 7.82. The standard InChI is InChI=1S/C20H25N5O3S/c1-3-28-15-4-5-16-18(14-15)29-20(22-16)25(9-8-24-10-12-27-13-11-24)19(26)17-6-7-21-23(17)2/h4-7,14H,3,8-13H2,1-2H3. The SMILES string of the molecule is CCOc1ccc2nc(N(CCN3CCOCC3)C(=O)c3ccnn3C)sc2c1. The van der Waals surface area contributed by atoms with E-state index in [1.165, 1.54) is 11.3 Å². The van der Waals surface area contributed by atoms with E-state index in [-0.39, 0.29) is 5.91 Å². The molecule has 1 saturated heterocycles. The summed E-state index contributed by atoms with van der Waals surface area (Å²) in [5.74, 6) is 0.718. The minimum atomic E-state index is -0.0950. The number of amides is 1. The number of morpholine rings is 1. The summed E-state index contributed by atoms with van der Waals surface area (Å²) >= 11 is 1.50. The summed E-state index contributed by atoms with van der Waals surface area (Å²) in [5.41, 5.74) is 1.41. The van der Waals surface area contributed by atoms with Crippen LogP contribution in [0.1, 0.15) is 17.4 Å². The van der Waals surface area contributed by atoms with E-state index in [2.05, 4.69) is 10.00 Å². The molecule has 1 fully saturated rings. The highest BCUT2D eigenvalue weighted by Crippen LogP contribution is 2.32. The van der Waals surface area contributed by atoms with Crippen LogP contribution >= 0.6 is 11.3 Å². The summed E-state index contributed by atoms with van der Waals surface area (Å²) in [6.45, 7) is 7.13. The highest BCUT2D eigenvalue weighted by Gasteiger charge is 2.24. The Bertz CT molecular complexity index is 980.